The van der Waals surface area contributed by atoms with Crippen LogP contribution in [0.1, 0.15) is 35.2 Å². The maximum Gasteiger partial charge on any atom is 0.282 e. The zero-order chi connectivity index (χ0) is 14.0. The molecule has 2 rings (SSSR count). The van der Waals surface area contributed by atoms with E-state index in [1.165, 1.54) is 6.07 Å². The predicted octanol–water partition coefficient (Wildman–Crippen LogP) is 2.95. The number of halogens is 1. The SMILES string of the molecule is Cc1cccc([N+](=O)[O-])c1C(=O)NC1CCCC1Br. The summed E-state index contributed by atoms with van der Waals surface area (Å²) in [5.41, 5.74) is 0.650. The molecule has 0 heterocycles. The van der Waals surface area contributed by atoms with Crippen molar-refractivity contribution in [2.24, 2.45) is 0 Å². The van der Waals surface area contributed by atoms with Crippen molar-refractivity contribution in [1.29, 1.82) is 0 Å². The number of benzene rings is 1. The first-order valence-electron chi connectivity index (χ1n) is 6.19. The van der Waals surface area contributed by atoms with E-state index in [-0.39, 0.29) is 28.0 Å². The molecular formula is C13H15BrN2O3. The van der Waals surface area contributed by atoms with Crippen LogP contribution in [-0.2, 0) is 0 Å². The second-order valence-corrected chi connectivity index (χ2v) is 5.93. The van der Waals surface area contributed by atoms with Crippen LogP contribution in [0.3, 0.4) is 0 Å². The number of carbonyl (C=O) groups is 1. The topological polar surface area (TPSA) is 72.2 Å². The Morgan fingerprint density at radius 1 is 1.47 bits per heavy atom. The second kappa shape index (κ2) is 5.69. The number of hydrogen-bond acceptors (Lipinski definition) is 3. The summed E-state index contributed by atoms with van der Waals surface area (Å²) in [5, 5.41) is 13.9. The summed E-state index contributed by atoms with van der Waals surface area (Å²) in [7, 11) is 0. The zero-order valence-electron chi connectivity index (χ0n) is 10.6. The fraction of sp³-hybridized carbons (Fsp3) is 0.462. The van der Waals surface area contributed by atoms with Crippen molar-refractivity contribution in [1.82, 2.24) is 5.32 Å². The van der Waals surface area contributed by atoms with E-state index in [9.17, 15) is 14.9 Å². The molecule has 2 unspecified atom stereocenters. The normalized spacial score (nSPS) is 22.2. The van der Waals surface area contributed by atoms with Crippen LogP contribution in [0.4, 0.5) is 5.69 Å². The average Bonchev–Trinajstić information content (AvgIpc) is 2.74. The van der Waals surface area contributed by atoms with Gasteiger partial charge in [-0.1, -0.05) is 34.5 Å². The first-order valence-corrected chi connectivity index (χ1v) is 7.11. The maximum atomic E-state index is 12.3. The van der Waals surface area contributed by atoms with Crippen LogP contribution in [0.25, 0.3) is 0 Å². The molecule has 1 aromatic rings. The number of carbonyl (C=O) groups excluding carboxylic acids is 1. The van der Waals surface area contributed by atoms with E-state index in [0.29, 0.717) is 5.56 Å². The lowest BCUT2D eigenvalue weighted by Gasteiger charge is -2.16. The Balaban J connectivity index is 2.25. The molecule has 1 saturated carbocycles. The molecule has 5 nitrogen and oxygen atoms in total. The van der Waals surface area contributed by atoms with Gasteiger partial charge >= 0.3 is 0 Å². The lowest BCUT2D eigenvalue weighted by Crippen LogP contribution is -2.38. The number of rotatable bonds is 3. The van der Waals surface area contributed by atoms with Crippen molar-refractivity contribution in [3.05, 3.63) is 39.4 Å². The van der Waals surface area contributed by atoms with Gasteiger partial charge in [0, 0.05) is 16.9 Å². The summed E-state index contributed by atoms with van der Waals surface area (Å²) < 4.78 is 0. The number of alkyl halides is 1. The standard InChI is InChI=1S/C13H15BrN2O3/c1-8-4-2-7-11(16(18)19)12(8)13(17)15-10-6-3-5-9(10)14/h2,4,7,9-10H,3,5-6H2,1H3,(H,15,17). The molecule has 1 aliphatic carbocycles. The minimum Gasteiger partial charge on any atom is -0.348 e. The van der Waals surface area contributed by atoms with E-state index >= 15 is 0 Å². The van der Waals surface area contributed by atoms with Gasteiger partial charge < -0.3 is 5.32 Å². The van der Waals surface area contributed by atoms with E-state index in [4.69, 9.17) is 0 Å². The van der Waals surface area contributed by atoms with Gasteiger partial charge in [-0.15, -0.1) is 0 Å². The number of nitrogens with one attached hydrogen (secondary N) is 1. The van der Waals surface area contributed by atoms with E-state index < -0.39 is 4.92 Å². The van der Waals surface area contributed by atoms with Gasteiger partial charge in [-0.05, 0) is 25.3 Å². The van der Waals surface area contributed by atoms with Crippen molar-refractivity contribution < 1.29 is 9.72 Å². The van der Waals surface area contributed by atoms with Crippen LogP contribution in [0.5, 0.6) is 0 Å². The summed E-state index contributed by atoms with van der Waals surface area (Å²) >= 11 is 3.52. The number of amides is 1. The highest BCUT2D eigenvalue weighted by Crippen LogP contribution is 2.27. The van der Waals surface area contributed by atoms with Gasteiger partial charge in [0.2, 0.25) is 0 Å². The van der Waals surface area contributed by atoms with Crippen molar-refractivity contribution in [3.63, 3.8) is 0 Å². The van der Waals surface area contributed by atoms with Crippen molar-refractivity contribution in [2.75, 3.05) is 0 Å². The molecule has 0 aliphatic heterocycles. The predicted molar refractivity (Wildman–Crippen MR) is 75.7 cm³/mol. The Morgan fingerprint density at radius 2 is 2.21 bits per heavy atom. The fourth-order valence-corrected chi connectivity index (χ4v) is 3.14. The Morgan fingerprint density at radius 3 is 2.79 bits per heavy atom. The third-order valence-corrected chi connectivity index (χ3v) is 4.52. The first kappa shape index (κ1) is 14.0. The molecule has 1 aromatic carbocycles. The molecule has 102 valence electrons. The Kier molecular flexibility index (Phi) is 4.19. The summed E-state index contributed by atoms with van der Waals surface area (Å²) in [6.45, 7) is 1.71. The summed E-state index contributed by atoms with van der Waals surface area (Å²) in [4.78, 5) is 23.0. The quantitative estimate of drug-likeness (QED) is 0.527. The smallest absolute Gasteiger partial charge is 0.282 e. The molecule has 0 bridgehead atoms. The number of nitrogens with zero attached hydrogens (tertiary/aromatic N) is 1. The van der Waals surface area contributed by atoms with E-state index in [0.717, 1.165) is 19.3 Å². The minimum absolute atomic E-state index is 0.0479. The third kappa shape index (κ3) is 2.94. The summed E-state index contributed by atoms with van der Waals surface area (Å²) in [5.74, 6) is -0.360. The van der Waals surface area contributed by atoms with Crippen molar-refractivity contribution >= 4 is 27.5 Å². The number of aryl methyl sites for hydroxylation is 1. The molecule has 2 atom stereocenters. The highest BCUT2D eigenvalue weighted by molar-refractivity contribution is 9.09. The highest BCUT2D eigenvalue weighted by Gasteiger charge is 2.29. The second-order valence-electron chi connectivity index (χ2n) is 4.75. The molecule has 6 heteroatoms. The first-order chi connectivity index (χ1) is 9.00. The molecule has 1 amide bonds. The van der Waals surface area contributed by atoms with Crippen LogP contribution in [0.2, 0.25) is 0 Å². The Labute approximate surface area is 119 Å². The van der Waals surface area contributed by atoms with Crippen molar-refractivity contribution in [2.45, 2.75) is 37.1 Å². The van der Waals surface area contributed by atoms with Crippen LogP contribution in [0.15, 0.2) is 18.2 Å². The van der Waals surface area contributed by atoms with Gasteiger partial charge in [0.25, 0.3) is 11.6 Å². The number of hydrogen-bond donors (Lipinski definition) is 1. The molecule has 0 spiro atoms. The van der Waals surface area contributed by atoms with Gasteiger partial charge in [0.05, 0.1) is 4.92 Å². The summed E-state index contributed by atoms with van der Waals surface area (Å²) in [6.07, 6.45) is 2.97. The van der Waals surface area contributed by atoms with Gasteiger partial charge in [-0.2, -0.15) is 0 Å². The maximum absolute atomic E-state index is 12.3. The zero-order valence-corrected chi connectivity index (χ0v) is 12.1. The van der Waals surface area contributed by atoms with Gasteiger partial charge in [0.1, 0.15) is 5.56 Å². The molecule has 1 N–H and O–H groups in total. The Hall–Kier alpha value is -1.43. The largest absolute Gasteiger partial charge is 0.348 e. The lowest BCUT2D eigenvalue weighted by molar-refractivity contribution is -0.385. The fourth-order valence-electron chi connectivity index (χ4n) is 2.42. The van der Waals surface area contributed by atoms with Gasteiger partial charge in [-0.3, -0.25) is 14.9 Å². The summed E-state index contributed by atoms with van der Waals surface area (Å²) in [6, 6.07) is 4.71. The van der Waals surface area contributed by atoms with Gasteiger partial charge in [-0.25, -0.2) is 0 Å². The van der Waals surface area contributed by atoms with Crippen LogP contribution < -0.4 is 5.32 Å². The number of nitro benzene ring substituents is 1. The van der Waals surface area contributed by atoms with Gasteiger partial charge in [0.15, 0.2) is 0 Å². The van der Waals surface area contributed by atoms with Crippen LogP contribution in [-0.4, -0.2) is 21.7 Å². The van der Waals surface area contributed by atoms with E-state index in [1.807, 2.05) is 0 Å². The van der Waals surface area contributed by atoms with Crippen LogP contribution >= 0.6 is 15.9 Å². The molecule has 0 radical (unpaired) electrons. The molecular weight excluding hydrogens is 312 g/mol. The van der Waals surface area contributed by atoms with Crippen LogP contribution in [0, 0.1) is 17.0 Å². The molecule has 1 fully saturated rings. The molecule has 0 aromatic heterocycles. The lowest BCUT2D eigenvalue weighted by atomic mass is 10.1. The molecule has 1 aliphatic rings. The molecule has 0 saturated heterocycles. The average molecular weight is 327 g/mol. The van der Waals surface area contributed by atoms with E-state index in [1.54, 1.807) is 19.1 Å². The minimum atomic E-state index is -0.512. The number of nitro groups is 1. The molecule has 19 heavy (non-hydrogen) atoms. The monoisotopic (exact) mass is 326 g/mol. The third-order valence-electron chi connectivity index (χ3n) is 3.42. The van der Waals surface area contributed by atoms with E-state index in [2.05, 4.69) is 21.2 Å². The Bertz CT molecular complexity index is 519. The van der Waals surface area contributed by atoms with Crippen molar-refractivity contribution in [3.8, 4) is 0 Å². The highest BCUT2D eigenvalue weighted by atomic mass is 79.9.